The van der Waals surface area contributed by atoms with Gasteiger partial charge in [0.05, 0.1) is 13.0 Å². The molecule has 1 unspecified atom stereocenters. The van der Waals surface area contributed by atoms with Crippen molar-refractivity contribution in [2.24, 2.45) is 0 Å². The molecular weight excluding hydrogens is 236 g/mol. The number of hydrogen-bond donors (Lipinski definition) is 0. The van der Waals surface area contributed by atoms with Crippen LogP contribution < -0.4 is 4.74 Å². The number of carbonyl (C=O) groups excluding carboxylic acids is 1. The third-order valence-corrected chi connectivity index (χ3v) is 3.76. The lowest BCUT2D eigenvalue weighted by molar-refractivity contribution is -0.120. The Kier molecular flexibility index (Phi) is 3.08. The second kappa shape index (κ2) is 4.88. The highest BCUT2D eigenvalue weighted by Crippen LogP contribution is 2.35. The Morgan fingerprint density at radius 3 is 2.58 bits per heavy atom. The van der Waals surface area contributed by atoms with Crippen molar-refractivity contribution in [1.29, 1.82) is 0 Å². The molecule has 0 heterocycles. The van der Waals surface area contributed by atoms with Crippen molar-refractivity contribution in [2.75, 3.05) is 7.11 Å². The average molecular weight is 252 g/mol. The van der Waals surface area contributed by atoms with Crippen LogP contribution in [0.4, 0.5) is 0 Å². The standard InChI is InChI=1S/C17H16O2/c1-19-14-8-9-15-13(11-14)7-10-16(18)17(15)12-5-3-2-4-6-12/h2-6,8-9,11,17H,7,10H2,1H3. The van der Waals surface area contributed by atoms with Crippen LogP contribution in [0.25, 0.3) is 0 Å². The second-order valence-electron chi connectivity index (χ2n) is 4.87. The number of ketones is 1. The van der Waals surface area contributed by atoms with E-state index in [0.29, 0.717) is 12.2 Å². The van der Waals surface area contributed by atoms with E-state index in [1.807, 2.05) is 42.5 Å². The molecule has 2 heteroatoms. The fourth-order valence-electron chi connectivity index (χ4n) is 2.79. The maximum absolute atomic E-state index is 12.3. The van der Waals surface area contributed by atoms with E-state index in [1.54, 1.807) is 7.11 Å². The molecule has 0 aromatic heterocycles. The number of Topliss-reactive ketones (excluding diaryl/α,β-unsaturated/α-hetero) is 1. The summed E-state index contributed by atoms with van der Waals surface area (Å²) in [6.45, 7) is 0. The first-order valence-corrected chi connectivity index (χ1v) is 6.54. The van der Waals surface area contributed by atoms with Crippen molar-refractivity contribution in [3.63, 3.8) is 0 Å². The highest BCUT2D eigenvalue weighted by molar-refractivity contribution is 5.91. The lowest BCUT2D eigenvalue weighted by atomic mass is 9.78. The van der Waals surface area contributed by atoms with Crippen LogP contribution in [0.5, 0.6) is 5.75 Å². The number of benzene rings is 2. The normalized spacial score (nSPS) is 17.9. The van der Waals surface area contributed by atoms with Gasteiger partial charge in [0.25, 0.3) is 0 Å². The van der Waals surface area contributed by atoms with Crippen LogP contribution in [0.15, 0.2) is 48.5 Å². The van der Waals surface area contributed by atoms with Gasteiger partial charge in [-0.25, -0.2) is 0 Å². The molecule has 0 fully saturated rings. The first kappa shape index (κ1) is 12.0. The minimum absolute atomic E-state index is 0.115. The Bertz CT molecular complexity index is 602. The number of aryl methyl sites for hydroxylation is 1. The predicted molar refractivity (Wildman–Crippen MR) is 74.6 cm³/mol. The van der Waals surface area contributed by atoms with E-state index in [4.69, 9.17) is 4.74 Å². The maximum Gasteiger partial charge on any atom is 0.145 e. The van der Waals surface area contributed by atoms with Crippen molar-refractivity contribution >= 4 is 5.78 Å². The molecule has 0 saturated heterocycles. The van der Waals surface area contributed by atoms with Crippen LogP contribution in [0.3, 0.4) is 0 Å². The topological polar surface area (TPSA) is 26.3 Å². The van der Waals surface area contributed by atoms with Gasteiger partial charge in [-0.15, -0.1) is 0 Å². The molecular formula is C17H16O2. The van der Waals surface area contributed by atoms with E-state index in [-0.39, 0.29) is 5.92 Å². The SMILES string of the molecule is COc1ccc2c(c1)CCC(=O)C2c1ccccc1. The molecule has 1 aliphatic rings. The monoisotopic (exact) mass is 252 g/mol. The van der Waals surface area contributed by atoms with Gasteiger partial charge in [0.2, 0.25) is 0 Å². The Morgan fingerprint density at radius 1 is 1.05 bits per heavy atom. The van der Waals surface area contributed by atoms with E-state index in [0.717, 1.165) is 23.3 Å². The molecule has 0 aliphatic heterocycles. The van der Waals surface area contributed by atoms with Gasteiger partial charge in [0.15, 0.2) is 0 Å². The van der Waals surface area contributed by atoms with Gasteiger partial charge in [0, 0.05) is 6.42 Å². The zero-order chi connectivity index (χ0) is 13.2. The van der Waals surface area contributed by atoms with Gasteiger partial charge in [-0.2, -0.15) is 0 Å². The lowest BCUT2D eigenvalue weighted by Gasteiger charge is -2.25. The molecule has 2 nitrogen and oxygen atoms in total. The zero-order valence-corrected chi connectivity index (χ0v) is 10.9. The van der Waals surface area contributed by atoms with Gasteiger partial charge in [-0.05, 0) is 35.2 Å². The summed E-state index contributed by atoms with van der Waals surface area (Å²) in [4.78, 5) is 12.3. The van der Waals surface area contributed by atoms with Crippen molar-refractivity contribution in [3.8, 4) is 5.75 Å². The molecule has 1 aliphatic carbocycles. The number of fused-ring (bicyclic) bond motifs is 1. The van der Waals surface area contributed by atoms with Crippen molar-refractivity contribution < 1.29 is 9.53 Å². The number of hydrogen-bond acceptors (Lipinski definition) is 2. The summed E-state index contributed by atoms with van der Waals surface area (Å²) in [5.41, 5.74) is 3.44. The molecule has 2 aromatic carbocycles. The van der Waals surface area contributed by atoms with E-state index in [9.17, 15) is 4.79 Å². The summed E-state index contributed by atoms with van der Waals surface area (Å²) >= 11 is 0. The maximum atomic E-state index is 12.3. The lowest BCUT2D eigenvalue weighted by Crippen LogP contribution is -2.21. The second-order valence-corrected chi connectivity index (χ2v) is 4.87. The van der Waals surface area contributed by atoms with Crippen molar-refractivity contribution in [1.82, 2.24) is 0 Å². The van der Waals surface area contributed by atoms with E-state index in [1.165, 1.54) is 5.56 Å². The Labute approximate surface area is 113 Å². The molecule has 0 spiro atoms. The summed E-state index contributed by atoms with van der Waals surface area (Å²) in [5.74, 6) is 1.06. The molecule has 96 valence electrons. The number of carbonyl (C=O) groups is 1. The molecule has 0 N–H and O–H groups in total. The van der Waals surface area contributed by atoms with E-state index in [2.05, 4.69) is 6.07 Å². The quantitative estimate of drug-likeness (QED) is 0.819. The molecule has 3 rings (SSSR count). The predicted octanol–water partition coefficient (Wildman–Crippen LogP) is 3.34. The van der Waals surface area contributed by atoms with E-state index < -0.39 is 0 Å². The zero-order valence-electron chi connectivity index (χ0n) is 10.9. The summed E-state index contributed by atoms with van der Waals surface area (Å²) < 4.78 is 5.26. The van der Waals surface area contributed by atoms with Gasteiger partial charge >= 0.3 is 0 Å². The molecule has 2 aromatic rings. The van der Waals surface area contributed by atoms with Gasteiger partial charge in [-0.3, -0.25) is 4.79 Å². The minimum atomic E-state index is -0.115. The van der Waals surface area contributed by atoms with Crippen LogP contribution in [-0.4, -0.2) is 12.9 Å². The molecule has 1 atom stereocenters. The smallest absolute Gasteiger partial charge is 0.145 e. The third kappa shape index (κ3) is 2.14. The number of ether oxygens (including phenoxy) is 1. The molecule has 0 amide bonds. The third-order valence-electron chi connectivity index (χ3n) is 3.76. The van der Waals surface area contributed by atoms with Crippen LogP contribution in [0, 0.1) is 0 Å². The Balaban J connectivity index is 2.09. The number of methoxy groups -OCH3 is 1. The molecule has 0 bridgehead atoms. The Hall–Kier alpha value is -2.09. The van der Waals surface area contributed by atoms with E-state index >= 15 is 0 Å². The fourth-order valence-corrected chi connectivity index (χ4v) is 2.79. The number of rotatable bonds is 2. The fraction of sp³-hybridized carbons (Fsp3) is 0.235. The molecule has 19 heavy (non-hydrogen) atoms. The van der Waals surface area contributed by atoms with Gasteiger partial charge in [-0.1, -0.05) is 36.4 Å². The summed E-state index contributed by atoms with van der Waals surface area (Å²) in [6, 6.07) is 16.0. The van der Waals surface area contributed by atoms with Crippen LogP contribution >= 0.6 is 0 Å². The average Bonchev–Trinajstić information content (AvgIpc) is 2.47. The largest absolute Gasteiger partial charge is 0.497 e. The van der Waals surface area contributed by atoms with Crippen molar-refractivity contribution in [2.45, 2.75) is 18.8 Å². The first-order chi connectivity index (χ1) is 9.29. The van der Waals surface area contributed by atoms with Crippen LogP contribution in [0.2, 0.25) is 0 Å². The molecule has 0 radical (unpaired) electrons. The minimum Gasteiger partial charge on any atom is -0.497 e. The van der Waals surface area contributed by atoms with Crippen LogP contribution in [-0.2, 0) is 11.2 Å². The highest BCUT2D eigenvalue weighted by Gasteiger charge is 2.28. The molecule has 0 saturated carbocycles. The first-order valence-electron chi connectivity index (χ1n) is 6.54. The Morgan fingerprint density at radius 2 is 1.84 bits per heavy atom. The summed E-state index contributed by atoms with van der Waals surface area (Å²) in [6.07, 6.45) is 1.43. The summed E-state index contributed by atoms with van der Waals surface area (Å²) in [5, 5.41) is 0. The van der Waals surface area contributed by atoms with Crippen LogP contribution in [0.1, 0.15) is 29.0 Å². The van der Waals surface area contributed by atoms with Gasteiger partial charge in [0.1, 0.15) is 11.5 Å². The summed E-state index contributed by atoms with van der Waals surface area (Å²) in [7, 11) is 1.67. The highest BCUT2D eigenvalue weighted by atomic mass is 16.5. The van der Waals surface area contributed by atoms with Crippen molar-refractivity contribution in [3.05, 3.63) is 65.2 Å². The van der Waals surface area contributed by atoms with Gasteiger partial charge < -0.3 is 4.74 Å².